The summed E-state index contributed by atoms with van der Waals surface area (Å²) in [6.07, 6.45) is -0.427. The van der Waals surface area contributed by atoms with Gasteiger partial charge in [-0.15, -0.1) is 0 Å². The van der Waals surface area contributed by atoms with E-state index in [-0.39, 0.29) is 0 Å². The molecule has 1 unspecified atom stereocenters. The van der Waals surface area contributed by atoms with E-state index < -0.39 is 18.0 Å². The van der Waals surface area contributed by atoms with E-state index in [1.807, 2.05) is 5.32 Å². The first-order valence-electron chi connectivity index (χ1n) is 2.88. The van der Waals surface area contributed by atoms with Crippen LogP contribution in [0.2, 0.25) is 0 Å². The number of carbonyl (C=O) groups is 2. The highest BCUT2D eigenvalue weighted by atomic mass is 16.2. The Morgan fingerprint density at radius 1 is 1.75 bits per heavy atom. The molecule has 0 aliphatic rings. The molecular weight excluding hydrogens is 162 g/mol. The van der Waals surface area contributed by atoms with Crippen LogP contribution in [0.4, 0.5) is 0 Å². The van der Waals surface area contributed by atoms with Crippen LogP contribution in [0, 0.1) is 0 Å². The Morgan fingerprint density at radius 3 is 2.67 bits per heavy atom. The molecule has 0 heterocycles. The normalized spacial score (nSPS) is 10.7. The molecule has 0 aromatic rings. The Labute approximate surface area is 67.9 Å². The van der Waals surface area contributed by atoms with Gasteiger partial charge in [-0.25, -0.2) is 0 Å². The highest BCUT2D eigenvalue weighted by Gasteiger charge is 2.13. The van der Waals surface area contributed by atoms with Gasteiger partial charge in [-0.2, -0.15) is 0 Å². The fraction of sp³-hybridized carbons (Fsp3) is 0.200. The van der Waals surface area contributed by atoms with E-state index in [4.69, 9.17) is 11.3 Å². The zero-order chi connectivity index (χ0) is 9.56. The summed E-state index contributed by atoms with van der Waals surface area (Å²) in [6, 6.07) is 0. The maximum Gasteiger partial charge on any atom is 0.246 e. The minimum Gasteiger partial charge on any atom is -0.368 e. The van der Waals surface area contributed by atoms with Crippen molar-refractivity contribution in [2.24, 2.45) is 10.8 Å². The maximum atomic E-state index is 10.6. The van der Waals surface area contributed by atoms with Gasteiger partial charge in [0, 0.05) is 4.91 Å². The van der Waals surface area contributed by atoms with Crippen LogP contribution in [0.5, 0.6) is 0 Å². The summed E-state index contributed by atoms with van der Waals surface area (Å²) < 4.78 is 0. The lowest BCUT2D eigenvalue weighted by Gasteiger charge is -2.06. The Morgan fingerprint density at radius 2 is 2.33 bits per heavy atom. The molecule has 2 amide bonds. The number of primary amides is 1. The number of nitrogens with two attached hydrogens (primary N) is 1. The number of nitrogens with zero attached hydrogens (tertiary/aromatic N) is 3. The molecule has 0 saturated heterocycles. The summed E-state index contributed by atoms with van der Waals surface area (Å²) >= 11 is 0. The molecule has 3 N–H and O–H groups in total. The van der Waals surface area contributed by atoms with Crippen molar-refractivity contribution in [1.29, 1.82) is 0 Å². The van der Waals surface area contributed by atoms with E-state index in [1.54, 1.807) is 0 Å². The number of amides is 2. The van der Waals surface area contributed by atoms with Crippen LogP contribution in [-0.4, -0.2) is 18.0 Å². The van der Waals surface area contributed by atoms with Gasteiger partial charge >= 0.3 is 0 Å². The summed E-state index contributed by atoms with van der Waals surface area (Å²) in [7, 11) is 0. The first-order chi connectivity index (χ1) is 5.61. The van der Waals surface area contributed by atoms with Gasteiger partial charge < -0.3 is 11.1 Å². The number of nitrogens with one attached hydrogen (secondary N) is 1. The standard InChI is InChI=1S/C5H7N5O2/c1-2-3(11)8-5(4(6)12)9-10-7/h2,5H,1H2,(H2,6,12)(H,8,11). The highest BCUT2D eigenvalue weighted by Crippen LogP contribution is 1.85. The molecule has 64 valence electrons. The molecule has 0 aromatic heterocycles. The first kappa shape index (κ1) is 9.99. The van der Waals surface area contributed by atoms with Crippen LogP contribution in [0.3, 0.4) is 0 Å². The van der Waals surface area contributed by atoms with Crippen LogP contribution in [0.1, 0.15) is 0 Å². The van der Waals surface area contributed by atoms with Gasteiger partial charge in [-0.3, -0.25) is 9.59 Å². The summed E-state index contributed by atoms with van der Waals surface area (Å²) in [5.41, 5.74) is 12.7. The fourth-order valence-corrected chi connectivity index (χ4v) is 0.402. The summed E-state index contributed by atoms with van der Waals surface area (Å²) in [5, 5.41) is 4.95. The molecule has 0 spiro atoms. The van der Waals surface area contributed by atoms with Gasteiger partial charge in [0.15, 0.2) is 6.17 Å². The van der Waals surface area contributed by atoms with Crippen LogP contribution in [0.15, 0.2) is 17.8 Å². The zero-order valence-corrected chi connectivity index (χ0v) is 6.10. The number of azide groups is 1. The van der Waals surface area contributed by atoms with Gasteiger partial charge in [0.1, 0.15) is 0 Å². The van der Waals surface area contributed by atoms with Crippen LogP contribution < -0.4 is 11.1 Å². The second-order valence-corrected chi connectivity index (χ2v) is 1.72. The lowest BCUT2D eigenvalue weighted by molar-refractivity contribution is -0.124. The molecule has 0 radical (unpaired) electrons. The van der Waals surface area contributed by atoms with Crippen molar-refractivity contribution in [3.05, 3.63) is 23.1 Å². The van der Waals surface area contributed by atoms with Crippen molar-refractivity contribution in [2.75, 3.05) is 0 Å². The van der Waals surface area contributed by atoms with Crippen molar-refractivity contribution in [3.8, 4) is 0 Å². The van der Waals surface area contributed by atoms with E-state index in [2.05, 4.69) is 16.6 Å². The Hall–Kier alpha value is -2.01. The fourth-order valence-electron chi connectivity index (χ4n) is 0.402. The largest absolute Gasteiger partial charge is 0.368 e. The van der Waals surface area contributed by atoms with Crippen molar-refractivity contribution in [1.82, 2.24) is 5.32 Å². The Kier molecular flexibility index (Phi) is 3.96. The van der Waals surface area contributed by atoms with Gasteiger partial charge in [0.25, 0.3) is 0 Å². The van der Waals surface area contributed by atoms with E-state index in [1.165, 1.54) is 0 Å². The summed E-state index contributed by atoms with van der Waals surface area (Å²) in [4.78, 5) is 23.4. The van der Waals surface area contributed by atoms with Gasteiger partial charge in [0.2, 0.25) is 11.8 Å². The molecular formula is C5H7N5O2. The van der Waals surface area contributed by atoms with Crippen molar-refractivity contribution >= 4 is 11.8 Å². The van der Waals surface area contributed by atoms with E-state index in [9.17, 15) is 9.59 Å². The number of carbonyl (C=O) groups excluding carboxylic acids is 2. The van der Waals surface area contributed by atoms with Gasteiger partial charge in [-0.1, -0.05) is 11.7 Å². The second kappa shape index (κ2) is 4.75. The second-order valence-electron chi connectivity index (χ2n) is 1.72. The van der Waals surface area contributed by atoms with E-state index >= 15 is 0 Å². The predicted octanol–water partition coefficient (Wildman–Crippen LogP) is -0.590. The molecule has 1 atom stereocenters. The van der Waals surface area contributed by atoms with Crippen LogP contribution in [0.25, 0.3) is 10.4 Å². The van der Waals surface area contributed by atoms with E-state index in [0.717, 1.165) is 6.08 Å². The lowest BCUT2D eigenvalue weighted by Crippen LogP contribution is -2.42. The van der Waals surface area contributed by atoms with Crippen molar-refractivity contribution in [2.45, 2.75) is 6.17 Å². The molecule has 0 fully saturated rings. The smallest absolute Gasteiger partial charge is 0.246 e. The Balaban J connectivity index is 4.32. The molecule has 0 bridgehead atoms. The first-order valence-corrected chi connectivity index (χ1v) is 2.88. The van der Waals surface area contributed by atoms with Crippen molar-refractivity contribution in [3.63, 3.8) is 0 Å². The van der Waals surface area contributed by atoms with Crippen LogP contribution >= 0.6 is 0 Å². The van der Waals surface area contributed by atoms with E-state index in [0.29, 0.717) is 0 Å². The molecule has 0 rings (SSSR count). The number of hydrogen-bond acceptors (Lipinski definition) is 3. The molecule has 0 aliphatic carbocycles. The molecule has 7 nitrogen and oxygen atoms in total. The number of rotatable bonds is 4. The summed E-state index contributed by atoms with van der Waals surface area (Å²) in [5.74, 6) is -1.56. The third-order valence-electron chi connectivity index (χ3n) is 0.901. The average molecular weight is 169 g/mol. The third-order valence-corrected chi connectivity index (χ3v) is 0.901. The minimum absolute atomic E-state index is 0.633. The summed E-state index contributed by atoms with van der Waals surface area (Å²) in [6.45, 7) is 3.13. The predicted molar refractivity (Wildman–Crippen MR) is 40.5 cm³/mol. The maximum absolute atomic E-state index is 10.6. The SMILES string of the molecule is C=CC(=O)NC(N=[N+]=[N-])C(N)=O. The molecule has 0 saturated carbocycles. The minimum atomic E-state index is -1.36. The zero-order valence-electron chi connectivity index (χ0n) is 6.10. The Bertz CT molecular complexity index is 253. The van der Waals surface area contributed by atoms with Crippen LogP contribution in [-0.2, 0) is 9.59 Å². The molecule has 0 aliphatic heterocycles. The quantitative estimate of drug-likeness (QED) is 0.253. The van der Waals surface area contributed by atoms with Gasteiger partial charge in [0.05, 0.1) is 0 Å². The van der Waals surface area contributed by atoms with Crippen molar-refractivity contribution < 1.29 is 9.59 Å². The van der Waals surface area contributed by atoms with Gasteiger partial charge in [-0.05, 0) is 11.6 Å². The third kappa shape index (κ3) is 3.23. The monoisotopic (exact) mass is 169 g/mol. The molecule has 12 heavy (non-hydrogen) atoms. The average Bonchev–Trinajstić information content (AvgIpc) is 2.03. The highest BCUT2D eigenvalue weighted by molar-refractivity contribution is 5.91. The number of hydrogen-bond donors (Lipinski definition) is 2. The lowest BCUT2D eigenvalue weighted by atomic mass is 10.4. The topological polar surface area (TPSA) is 121 Å². The molecule has 0 aromatic carbocycles. The molecule has 7 heteroatoms.